The summed E-state index contributed by atoms with van der Waals surface area (Å²) in [7, 11) is 3.62. The number of benzene rings is 1. The zero-order chi connectivity index (χ0) is 15.8. The molecule has 1 rings (SSSR count). The van der Waals surface area contributed by atoms with Gasteiger partial charge >= 0.3 is 0 Å². The van der Waals surface area contributed by atoms with Gasteiger partial charge in [-0.05, 0) is 38.7 Å². The van der Waals surface area contributed by atoms with Gasteiger partial charge in [-0.1, -0.05) is 6.07 Å². The van der Waals surface area contributed by atoms with Crippen LogP contribution in [0.3, 0.4) is 0 Å². The molecule has 0 atom stereocenters. The van der Waals surface area contributed by atoms with Crippen molar-refractivity contribution in [2.24, 2.45) is 5.10 Å². The first-order valence-corrected chi connectivity index (χ1v) is 6.16. The molecule has 0 spiro atoms. The lowest BCUT2D eigenvalue weighted by Gasteiger charge is -2.14. The number of hydrogen-bond donors (Lipinski definition) is 2. The molecule has 7 heteroatoms. The van der Waals surface area contributed by atoms with E-state index >= 15 is 0 Å². The van der Waals surface area contributed by atoms with Gasteiger partial charge in [-0.3, -0.25) is 10.2 Å². The number of nitriles is 2. The number of amides is 1. The second-order valence-corrected chi connectivity index (χ2v) is 4.56. The molecule has 0 bridgehead atoms. The van der Waals surface area contributed by atoms with E-state index in [1.54, 1.807) is 35.2 Å². The number of anilines is 2. The van der Waals surface area contributed by atoms with Crippen LogP contribution >= 0.6 is 0 Å². The quantitative estimate of drug-likeness (QED) is 0.626. The summed E-state index contributed by atoms with van der Waals surface area (Å²) < 4.78 is 0. The number of hydrogen-bond acceptors (Lipinski definition) is 6. The zero-order valence-corrected chi connectivity index (χ0v) is 12.1. The largest absolute Gasteiger partial charge is 0.325 e. The van der Waals surface area contributed by atoms with Gasteiger partial charge in [0.15, 0.2) is 0 Å². The highest BCUT2D eigenvalue weighted by Crippen LogP contribution is 2.23. The summed E-state index contributed by atoms with van der Waals surface area (Å²) in [4.78, 5) is 13.5. The van der Waals surface area contributed by atoms with Crippen molar-refractivity contribution in [3.05, 3.63) is 23.8 Å². The van der Waals surface area contributed by atoms with E-state index in [1.807, 2.05) is 21.0 Å². The van der Waals surface area contributed by atoms with Crippen LogP contribution < -0.4 is 10.7 Å². The standard InChI is InChI=1S/C14H16N6O/c1-10-12(17-14(21)9-20(2)3)5-4-6-13(10)19-18-11(7-15)8-16/h4-6,19H,9H2,1-3H3,(H,17,21). The number of rotatable bonds is 5. The number of carbonyl (C=O) groups is 1. The molecule has 2 N–H and O–H groups in total. The zero-order valence-electron chi connectivity index (χ0n) is 12.1. The molecule has 1 aromatic rings. The summed E-state index contributed by atoms with van der Waals surface area (Å²) in [6.45, 7) is 2.09. The van der Waals surface area contributed by atoms with E-state index in [0.717, 1.165) is 5.56 Å². The van der Waals surface area contributed by atoms with Crippen molar-refractivity contribution in [2.45, 2.75) is 6.92 Å². The lowest BCUT2D eigenvalue weighted by atomic mass is 10.1. The first-order valence-electron chi connectivity index (χ1n) is 6.16. The van der Waals surface area contributed by atoms with Gasteiger partial charge in [-0.2, -0.15) is 15.6 Å². The van der Waals surface area contributed by atoms with E-state index < -0.39 is 0 Å². The van der Waals surface area contributed by atoms with Crippen LogP contribution in [-0.4, -0.2) is 37.2 Å². The van der Waals surface area contributed by atoms with Gasteiger partial charge < -0.3 is 10.2 Å². The Labute approximate surface area is 123 Å². The normalized spacial score (nSPS) is 9.43. The van der Waals surface area contributed by atoms with E-state index in [9.17, 15) is 4.79 Å². The van der Waals surface area contributed by atoms with E-state index in [1.165, 1.54) is 0 Å². The summed E-state index contributed by atoms with van der Waals surface area (Å²) in [5.74, 6) is -0.126. The minimum Gasteiger partial charge on any atom is -0.325 e. The third kappa shape index (κ3) is 4.94. The van der Waals surface area contributed by atoms with Crippen LogP contribution in [-0.2, 0) is 4.79 Å². The molecule has 0 saturated carbocycles. The summed E-state index contributed by atoms with van der Waals surface area (Å²) >= 11 is 0. The molecule has 1 aromatic carbocycles. The molecule has 0 aliphatic rings. The molecule has 7 nitrogen and oxygen atoms in total. The molecule has 21 heavy (non-hydrogen) atoms. The van der Waals surface area contributed by atoms with Crippen molar-refractivity contribution >= 4 is 23.0 Å². The number of nitrogens with one attached hydrogen (secondary N) is 2. The van der Waals surface area contributed by atoms with Crippen molar-refractivity contribution < 1.29 is 4.79 Å². The molecule has 0 aliphatic carbocycles. The van der Waals surface area contributed by atoms with Crippen molar-refractivity contribution in [1.82, 2.24) is 4.90 Å². The molecule has 0 saturated heterocycles. The molecule has 0 aliphatic heterocycles. The van der Waals surface area contributed by atoms with Gasteiger partial charge in [0.25, 0.3) is 0 Å². The minimum absolute atomic E-state index is 0.126. The molecular formula is C14H16N6O. The van der Waals surface area contributed by atoms with Gasteiger partial charge in [0.2, 0.25) is 11.6 Å². The van der Waals surface area contributed by atoms with Crippen molar-refractivity contribution in [1.29, 1.82) is 10.5 Å². The van der Waals surface area contributed by atoms with Gasteiger partial charge in [0.1, 0.15) is 12.1 Å². The predicted molar refractivity (Wildman–Crippen MR) is 80.6 cm³/mol. The number of likely N-dealkylation sites (N-methyl/N-ethyl adjacent to an activating group) is 1. The lowest BCUT2D eigenvalue weighted by Crippen LogP contribution is -2.27. The van der Waals surface area contributed by atoms with Crippen LogP contribution in [0.15, 0.2) is 23.3 Å². The van der Waals surface area contributed by atoms with Gasteiger partial charge in [-0.25, -0.2) is 0 Å². The van der Waals surface area contributed by atoms with Crippen LogP contribution in [0.5, 0.6) is 0 Å². The molecule has 0 heterocycles. The minimum atomic E-state index is -0.267. The average Bonchev–Trinajstić information content (AvgIpc) is 2.42. The van der Waals surface area contributed by atoms with E-state index in [0.29, 0.717) is 11.4 Å². The molecule has 0 aromatic heterocycles. The fraction of sp³-hybridized carbons (Fsp3) is 0.286. The third-order valence-corrected chi connectivity index (χ3v) is 2.57. The topological polar surface area (TPSA) is 104 Å². The first kappa shape index (κ1) is 16.2. The Kier molecular flexibility index (Phi) is 5.87. The summed E-state index contributed by atoms with van der Waals surface area (Å²) in [5, 5.41) is 23.7. The summed E-state index contributed by atoms with van der Waals surface area (Å²) in [6, 6.07) is 8.58. The Hall–Kier alpha value is -2.90. The van der Waals surface area contributed by atoms with E-state index in [-0.39, 0.29) is 18.2 Å². The Morgan fingerprint density at radius 3 is 2.48 bits per heavy atom. The van der Waals surface area contributed by atoms with Gasteiger partial charge in [0.05, 0.1) is 12.2 Å². The molecule has 0 unspecified atom stereocenters. The molecule has 0 radical (unpaired) electrons. The Balaban J connectivity index is 2.89. The SMILES string of the molecule is Cc1c(NN=C(C#N)C#N)cccc1NC(=O)CN(C)C. The van der Waals surface area contributed by atoms with E-state index in [2.05, 4.69) is 15.8 Å². The first-order chi connectivity index (χ1) is 9.97. The van der Waals surface area contributed by atoms with Crippen LogP contribution in [0.2, 0.25) is 0 Å². The predicted octanol–water partition coefficient (Wildman–Crippen LogP) is 1.31. The lowest BCUT2D eigenvalue weighted by molar-refractivity contribution is -0.116. The Morgan fingerprint density at radius 2 is 1.90 bits per heavy atom. The molecule has 1 amide bonds. The van der Waals surface area contributed by atoms with Gasteiger partial charge in [0, 0.05) is 5.69 Å². The van der Waals surface area contributed by atoms with Crippen LogP contribution in [0.25, 0.3) is 0 Å². The maximum Gasteiger partial charge on any atom is 0.238 e. The third-order valence-electron chi connectivity index (χ3n) is 2.57. The Bertz CT molecular complexity index is 620. The van der Waals surface area contributed by atoms with Gasteiger partial charge in [-0.15, -0.1) is 0 Å². The maximum absolute atomic E-state index is 11.8. The Morgan fingerprint density at radius 1 is 1.29 bits per heavy atom. The fourth-order valence-corrected chi connectivity index (χ4v) is 1.56. The molecule has 0 fully saturated rings. The van der Waals surface area contributed by atoms with Crippen LogP contribution in [0.4, 0.5) is 11.4 Å². The van der Waals surface area contributed by atoms with Crippen molar-refractivity contribution in [3.63, 3.8) is 0 Å². The van der Waals surface area contributed by atoms with Crippen molar-refractivity contribution in [2.75, 3.05) is 31.4 Å². The molecular weight excluding hydrogens is 268 g/mol. The molecule has 108 valence electrons. The average molecular weight is 284 g/mol. The maximum atomic E-state index is 11.8. The highest BCUT2D eigenvalue weighted by Gasteiger charge is 2.08. The van der Waals surface area contributed by atoms with E-state index in [4.69, 9.17) is 10.5 Å². The second-order valence-electron chi connectivity index (χ2n) is 4.56. The highest BCUT2D eigenvalue weighted by atomic mass is 16.2. The number of hydrazone groups is 1. The van der Waals surface area contributed by atoms with Crippen LogP contribution in [0, 0.1) is 29.6 Å². The smallest absolute Gasteiger partial charge is 0.238 e. The second kappa shape index (κ2) is 7.63. The van der Waals surface area contributed by atoms with Crippen LogP contribution in [0.1, 0.15) is 5.56 Å². The summed E-state index contributed by atoms with van der Waals surface area (Å²) in [6.07, 6.45) is 0. The monoisotopic (exact) mass is 284 g/mol. The van der Waals surface area contributed by atoms with Crippen molar-refractivity contribution in [3.8, 4) is 12.1 Å². The number of carbonyl (C=O) groups excluding carboxylic acids is 1. The fourth-order valence-electron chi connectivity index (χ4n) is 1.56. The highest BCUT2D eigenvalue weighted by molar-refractivity contribution is 6.10. The summed E-state index contributed by atoms with van der Waals surface area (Å²) in [5.41, 5.74) is 4.41. The number of nitrogens with zero attached hydrogens (tertiary/aromatic N) is 4.